The van der Waals surface area contributed by atoms with E-state index in [1.807, 2.05) is 0 Å². The molecule has 21 heavy (non-hydrogen) atoms. The van der Waals surface area contributed by atoms with Gasteiger partial charge < -0.3 is 10.2 Å². The Bertz CT molecular complexity index is 591. The van der Waals surface area contributed by atoms with Crippen molar-refractivity contribution in [1.29, 1.82) is 0 Å². The van der Waals surface area contributed by atoms with E-state index in [-0.39, 0.29) is 0 Å². The lowest BCUT2D eigenvalue weighted by molar-refractivity contribution is 0.588. The van der Waals surface area contributed by atoms with Crippen LogP contribution in [0.15, 0.2) is 46.9 Å². The molecule has 2 aromatic carbocycles. The van der Waals surface area contributed by atoms with E-state index in [4.69, 9.17) is 0 Å². The molecule has 0 aliphatic heterocycles. The first kappa shape index (κ1) is 16.1. The maximum absolute atomic E-state index is 3.68. The monoisotopic (exact) mass is 346 g/mol. The van der Waals surface area contributed by atoms with Crippen molar-refractivity contribution in [2.45, 2.75) is 33.4 Å². The lowest BCUT2D eigenvalue weighted by Crippen LogP contribution is -2.22. The van der Waals surface area contributed by atoms with Gasteiger partial charge in [-0.25, -0.2) is 0 Å². The van der Waals surface area contributed by atoms with Gasteiger partial charge in [0.25, 0.3) is 0 Å². The smallest absolute Gasteiger partial charge is 0.0419 e. The molecule has 0 aliphatic carbocycles. The predicted octanol–water partition coefficient (Wildman–Crippen LogP) is 5.02. The van der Waals surface area contributed by atoms with Crippen molar-refractivity contribution in [2.75, 3.05) is 11.9 Å². The Morgan fingerprint density at radius 1 is 1.05 bits per heavy atom. The summed E-state index contributed by atoms with van der Waals surface area (Å²) in [5.41, 5.74) is 4.94. The van der Waals surface area contributed by atoms with Crippen LogP contribution in [0.5, 0.6) is 0 Å². The van der Waals surface area contributed by atoms with E-state index < -0.39 is 0 Å². The lowest BCUT2D eigenvalue weighted by atomic mass is 10.1. The summed E-state index contributed by atoms with van der Waals surface area (Å²) in [5, 5.41) is 3.45. The zero-order valence-electron chi connectivity index (χ0n) is 13.2. The molecule has 0 aromatic heterocycles. The molecule has 2 rings (SSSR count). The lowest BCUT2D eigenvalue weighted by Gasteiger charge is -2.21. The highest BCUT2D eigenvalue weighted by molar-refractivity contribution is 9.10. The molecule has 0 heterocycles. The highest BCUT2D eigenvalue weighted by Crippen LogP contribution is 2.28. The van der Waals surface area contributed by atoms with Crippen molar-refractivity contribution >= 4 is 27.3 Å². The average Bonchev–Trinajstić information content (AvgIpc) is 2.46. The molecule has 0 amide bonds. The molecule has 0 saturated heterocycles. The van der Waals surface area contributed by atoms with Crippen LogP contribution < -0.4 is 10.2 Å². The number of benzene rings is 2. The molecule has 3 heteroatoms. The quantitative estimate of drug-likeness (QED) is 0.817. The molecule has 0 spiro atoms. The van der Waals surface area contributed by atoms with E-state index >= 15 is 0 Å². The number of nitrogens with zero attached hydrogens (tertiary/aromatic N) is 1. The Balaban J connectivity index is 2.17. The van der Waals surface area contributed by atoms with E-state index in [0.29, 0.717) is 6.04 Å². The number of hydrogen-bond acceptors (Lipinski definition) is 2. The molecule has 1 N–H and O–H groups in total. The normalized spacial score (nSPS) is 11.0. The summed E-state index contributed by atoms with van der Waals surface area (Å²) in [7, 11) is 2.10. The van der Waals surface area contributed by atoms with Gasteiger partial charge in [-0.1, -0.05) is 53.5 Å². The fourth-order valence-corrected chi connectivity index (χ4v) is 2.63. The Hall–Kier alpha value is -1.32. The Morgan fingerprint density at radius 3 is 2.24 bits per heavy atom. The second kappa shape index (κ2) is 7.10. The van der Waals surface area contributed by atoms with Crippen molar-refractivity contribution in [2.24, 2.45) is 0 Å². The topological polar surface area (TPSA) is 15.3 Å². The molecule has 112 valence electrons. The van der Waals surface area contributed by atoms with Crippen LogP contribution in [0.2, 0.25) is 0 Å². The van der Waals surface area contributed by atoms with E-state index in [0.717, 1.165) is 11.0 Å². The molecule has 0 fully saturated rings. The van der Waals surface area contributed by atoms with Gasteiger partial charge in [0.2, 0.25) is 0 Å². The Kier molecular flexibility index (Phi) is 5.43. The van der Waals surface area contributed by atoms with Crippen molar-refractivity contribution < 1.29 is 0 Å². The van der Waals surface area contributed by atoms with Gasteiger partial charge >= 0.3 is 0 Å². The first-order chi connectivity index (χ1) is 9.97. The fraction of sp³-hybridized carbons (Fsp3) is 0.333. The van der Waals surface area contributed by atoms with Gasteiger partial charge in [0.15, 0.2) is 0 Å². The maximum atomic E-state index is 3.68. The van der Waals surface area contributed by atoms with Gasteiger partial charge in [0.05, 0.1) is 0 Å². The molecule has 0 aliphatic rings. The number of aryl methyl sites for hydroxylation is 1. The molecule has 0 unspecified atom stereocenters. The van der Waals surface area contributed by atoms with Crippen LogP contribution in [0.4, 0.5) is 11.4 Å². The minimum atomic E-state index is 0.492. The van der Waals surface area contributed by atoms with E-state index in [2.05, 4.69) is 96.4 Å². The number of hydrogen-bond donors (Lipinski definition) is 1. The standard InChI is InChI=1S/C18H23BrN2/c1-13(2)20-12-15-7-10-17(11-18(15)19)21(4)16-8-5-14(3)6-9-16/h5-11,13,20H,12H2,1-4H3. The minimum absolute atomic E-state index is 0.492. The molecular formula is C18H23BrN2. The van der Waals surface area contributed by atoms with Crippen LogP contribution in [0.1, 0.15) is 25.0 Å². The summed E-state index contributed by atoms with van der Waals surface area (Å²) in [4.78, 5) is 2.20. The SMILES string of the molecule is Cc1ccc(N(C)c2ccc(CNC(C)C)c(Br)c2)cc1. The number of halogens is 1. The molecule has 0 radical (unpaired) electrons. The molecule has 0 saturated carbocycles. The van der Waals surface area contributed by atoms with Gasteiger partial charge in [0.1, 0.15) is 0 Å². The molecule has 0 atom stereocenters. The third-order valence-electron chi connectivity index (χ3n) is 3.55. The third kappa shape index (κ3) is 4.32. The maximum Gasteiger partial charge on any atom is 0.0419 e. The largest absolute Gasteiger partial charge is 0.345 e. The second-order valence-electron chi connectivity index (χ2n) is 5.71. The average molecular weight is 347 g/mol. The van der Waals surface area contributed by atoms with Crippen LogP contribution in [-0.4, -0.2) is 13.1 Å². The van der Waals surface area contributed by atoms with Gasteiger partial charge in [-0.3, -0.25) is 0 Å². The van der Waals surface area contributed by atoms with E-state index in [1.54, 1.807) is 0 Å². The van der Waals surface area contributed by atoms with Crippen molar-refractivity contribution in [3.8, 4) is 0 Å². The third-order valence-corrected chi connectivity index (χ3v) is 4.28. The summed E-state index contributed by atoms with van der Waals surface area (Å²) >= 11 is 3.68. The van der Waals surface area contributed by atoms with Gasteiger partial charge in [-0.2, -0.15) is 0 Å². The minimum Gasteiger partial charge on any atom is -0.345 e. The van der Waals surface area contributed by atoms with Crippen LogP contribution in [0.3, 0.4) is 0 Å². The van der Waals surface area contributed by atoms with E-state index in [1.165, 1.54) is 22.5 Å². The predicted molar refractivity (Wildman–Crippen MR) is 95.4 cm³/mol. The number of nitrogens with one attached hydrogen (secondary N) is 1. The summed E-state index contributed by atoms with van der Waals surface area (Å²) in [6.45, 7) is 7.31. The molecular weight excluding hydrogens is 324 g/mol. The Labute approximate surface area is 136 Å². The molecule has 0 bridgehead atoms. The van der Waals surface area contributed by atoms with Crippen LogP contribution >= 0.6 is 15.9 Å². The van der Waals surface area contributed by atoms with Crippen molar-refractivity contribution in [1.82, 2.24) is 5.32 Å². The van der Waals surface area contributed by atoms with Gasteiger partial charge in [-0.15, -0.1) is 0 Å². The van der Waals surface area contributed by atoms with Crippen LogP contribution in [-0.2, 0) is 6.54 Å². The molecule has 2 nitrogen and oxygen atoms in total. The number of anilines is 2. The van der Waals surface area contributed by atoms with Crippen molar-refractivity contribution in [3.05, 3.63) is 58.1 Å². The summed E-state index contributed by atoms with van der Waals surface area (Å²) in [5.74, 6) is 0. The van der Waals surface area contributed by atoms with E-state index in [9.17, 15) is 0 Å². The Morgan fingerprint density at radius 2 is 1.67 bits per heavy atom. The van der Waals surface area contributed by atoms with Crippen molar-refractivity contribution in [3.63, 3.8) is 0 Å². The first-order valence-corrected chi connectivity index (χ1v) is 8.09. The first-order valence-electron chi connectivity index (χ1n) is 7.29. The second-order valence-corrected chi connectivity index (χ2v) is 6.56. The summed E-state index contributed by atoms with van der Waals surface area (Å²) in [6, 6.07) is 15.6. The molecule has 2 aromatic rings. The fourth-order valence-electron chi connectivity index (χ4n) is 2.12. The van der Waals surface area contributed by atoms with Crippen LogP contribution in [0.25, 0.3) is 0 Å². The highest BCUT2D eigenvalue weighted by atomic mass is 79.9. The van der Waals surface area contributed by atoms with Crippen LogP contribution in [0, 0.1) is 6.92 Å². The van der Waals surface area contributed by atoms with Gasteiger partial charge in [0, 0.05) is 35.5 Å². The zero-order valence-corrected chi connectivity index (χ0v) is 14.7. The number of rotatable bonds is 5. The summed E-state index contributed by atoms with van der Waals surface area (Å²) in [6.07, 6.45) is 0. The highest BCUT2D eigenvalue weighted by Gasteiger charge is 2.07. The summed E-state index contributed by atoms with van der Waals surface area (Å²) < 4.78 is 1.15. The zero-order chi connectivity index (χ0) is 15.4. The van der Waals surface area contributed by atoms with Gasteiger partial charge in [-0.05, 0) is 36.8 Å².